The molecule has 0 aromatic heterocycles. The van der Waals surface area contributed by atoms with Crippen LogP contribution in [-0.4, -0.2) is 37.7 Å². The van der Waals surface area contributed by atoms with Gasteiger partial charge in [-0.15, -0.1) is 0 Å². The molecule has 6 heteroatoms. The van der Waals surface area contributed by atoms with Crippen molar-refractivity contribution in [1.29, 1.82) is 0 Å². The Labute approximate surface area is 164 Å². The zero-order valence-corrected chi connectivity index (χ0v) is 16.6. The van der Waals surface area contributed by atoms with E-state index in [1.54, 1.807) is 12.1 Å². The second-order valence-corrected chi connectivity index (χ2v) is 8.09. The second kappa shape index (κ2) is 7.66. The molecule has 28 heavy (non-hydrogen) atoms. The fourth-order valence-electron chi connectivity index (χ4n) is 3.47. The summed E-state index contributed by atoms with van der Waals surface area (Å²) in [7, 11) is 3.97. The maximum atomic E-state index is 12.9. The number of hydrogen-bond donors (Lipinski definition) is 0. The van der Waals surface area contributed by atoms with Crippen molar-refractivity contribution in [1.82, 2.24) is 4.90 Å². The third-order valence-electron chi connectivity index (χ3n) is 4.89. The number of ether oxygens (including phenoxy) is 2. The van der Waals surface area contributed by atoms with Crippen LogP contribution in [0.15, 0.2) is 42.5 Å². The van der Waals surface area contributed by atoms with Crippen LogP contribution < -0.4 is 9.47 Å². The van der Waals surface area contributed by atoms with Gasteiger partial charge in [0.2, 0.25) is 0 Å². The van der Waals surface area contributed by atoms with Gasteiger partial charge in [-0.2, -0.15) is 13.2 Å². The molecular weight excluding hydrogens is 367 g/mol. The van der Waals surface area contributed by atoms with Crippen LogP contribution in [0.3, 0.4) is 0 Å². The van der Waals surface area contributed by atoms with E-state index in [0.29, 0.717) is 13.0 Å². The Kier molecular flexibility index (Phi) is 5.62. The van der Waals surface area contributed by atoms with Crippen LogP contribution in [0.5, 0.6) is 11.5 Å². The summed E-state index contributed by atoms with van der Waals surface area (Å²) in [5.74, 6) is 1.42. The Morgan fingerprint density at radius 1 is 1.11 bits per heavy atom. The Hall–Kier alpha value is -2.21. The first-order chi connectivity index (χ1) is 13.0. The molecule has 1 atom stereocenters. The number of likely N-dealkylation sites (N-methyl/N-ethyl adjacent to an activating group) is 1. The van der Waals surface area contributed by atoms with Gasteiger partial charge < -0.3 is 14.4 Å². The molecule has 1 unspecified atom stereocenters. The zero-order chi connectivity index (χ0) is 20.5. The highest BCUT2D eigenvalue weighted by Crippen LogP contribution is 2.45. The predicted octanol–water partition coefficient (Wildman–Crippen LogP) is 5.34. The Balaban J connectivity index is 1.88. The molecule has 152 valence electrons. The van der Waals surface area contributed by atoms with Gasteiger partial charge >= 0.3 is 6.18 Å². The summed E-state index contributed by atoms with van der Waals surface area (Å²) in [4.78, 5) is 2.04. The Bertz CT molecular complexity index is 814. The van der Waals surface area contributed by atoms with Crippen LogP contribution in [0.4, 0.5) is 13.2 Å². The van der Waals surface area contributed by atoms with Gasteiger partial charge in [-0.1, -0.05) is 18.2 Å². The second-order valence-electron chi connectivity index (χ2n) is 8.09. The van der Waals surface area contributed by atoms with Crippen LogP contribution >= 0.6 is 0 Å². The zero-order valence-electron chi connectivity index (χ0n) is 16.6. The number of fused-ring (bicyclic) bond motifs is 1. The van der Waals surface area contributed by atoms with E-state index in [2.05, 4.69) is 0 Å². The number of benzene rings is 2. The van der Waals surface area contributed by atoms with Crippen molar-refractivity contribution in [2.75, 3.05) is 27.2 Å². The number of rotatable bonds is 5. The van der Waals surface area contributed by atoms with Crippen LogP contribution in [0, 0.1) is 0 Å². The molecule has 0 radical (unpaired) electrons. The smallest absolute Gasteiger partial charge is 0.416 e. The number of nitrogens with zero attached hydrogens (tertiary/aromatic N) is 1. The molecule has 0 spiro atoms. The first-order valence-electron chi connectivity index (χ1n) is 9.33. The summed E-state index contributed by atoms with van der Waals surface area (Å²) >= 11 is 0. The van der Waals surface area contributed by atoms with Crippen LogP contribution in [0.25, 0.3) is 0 Å². The molecule has 1 aliphatic heterocycles. The summed E-state index contributed by atoms with van der Waals surface area (Å²) in [5.41, 5.74) is 0.765. The van der Waals surface area contributed by atoms with Gasteiger partial charge in [-0.25, -0.2) is 0 Å². The fraction of sp³-hybridized carbons (Fsp3) is 0.455. The molecule has 2 aromatic carbocycles. The largest absolute Gasteiger partial charge is 0.492 e. The molecule has 0 N–H and O–H groups in total. The normalized spacial score (nSPS) is 18.5. The van der Waals surface area contributed by atoms with Gasteiger partial charge in [0.25, 0.3) is 0 Å². The van der Waals surface area contributed by atoms with E-state index in [-0.39, 0.29) is 5.92 Å². The molecule has 3 rings (SSSR count). The lowest BCUT2D eigenvalue weighted by molar-refractivity contribution is -0.137. The summed E-state index contributed by atoms with van der Waals surface area (Å²) in [6.45, 7) is 5.36. The van der Waals surface area contributed by atoms with Crippen molar-refractivity contribution in [3.63, 3.8) is 0 Å². The maximum absolute atomic E-state index is 12.9. The predicted molar refractivity (Wildman–Crippen MR) is 103 cm³/mol. The molecule has 0 saturated carbocycles. The lowest BCUT2D eigenvalue weighted by Gasteiger charge is -2.38. The lowest BCUT2D eigenvalue weighted by Crippen LogP contribution is -2.35. The van der Waals surface area contributed by atoms with Gasteiger partial charge in [0, 0.05) is 24.1 Å². The van der Waals surface area contributed by atoms with Crippen molar-refractivity contribution in [3.8, 4) is 11.5 Å². The Morgan fingerprint density at radius 3 is 2.39 bits per heavy atom. The molecule has 0 amide bonds. The topological polar surface area (TPSA) is 21.7 Å². The van der Waals surface area contributed by atoms with E-state index < -0.39 is 17.3 Å². The molecule has 0 saturated heterocycles. The van der Waals surface area contributed by atoms with Crippen molar-refractivity contribution >= 4 is 0 Å². The molecule has 0 fully saturated rings. The van der Waals surface area contributed by atoms with Crippen LogP contribution in [-0.2, 0) is 6.18 Å². The minimum Gasteiger partial charge on any atom is -0.492 e. The fourth-order valence-corrected chi connectivity index (χ4v) is 3.47. The molecular formula is C22H26F3NO2. The lowest BCUT2D eigenvalue weighted by atomic mass is 9.80. The monoisotopic (exact) mass is 393 g/mol. The molecule has 0 aliphatic carbocycles. The summed E-state index contributed by atoms with van der Waals surface area (Å²) < 4.78 is 50.6. The van der Waals surface area contributed by atoms with Gasteiger partial charge in [0.05, 0.1) is 5.56 Å². The first-order valence-corrected chi connectivity index (χ1v) is 9.33. The van der Waals surface area contributed by atoms with E-state index in [1.165, 1.54) is 0 Å². The number of alkyl halides is 3. The molecule has 1 heterocycles. The van der Waals surface area contributed by atoms with Gasteiger partial charge in [0.1, 0.15) is 23.7 Å². The summed E-state index contributed by atoms with van der Waals surface area (Å²) in [5, 5.41) is 0. The molecule has 1 aliphatic rings. The van der Waals surface area contributed by atoms with Crippen molar-refractivity contribution in [2.24, 2.45) is 0 Å². The first kappa shape index (κ1) is 20.5. The van der Waals surface area contributed by atoms with Gasteiger partial charge in [-0.3, -0.25) is 0 Å². The van der Waals surface area contributed by atoms with Crippen LogP contribution in [0.2, 0.25) is 0 Å². The maximum Gasteiger partial charge on any atom is 0.416 e. The van der Waals surface area contributed by atoms with Gasteiger partial charge in [-0.05, 0) is 58.1 Å². The van der Waals surface area contributed by atoms with Crippen LogP contribution in [0.1, 0.15) is 42.9 Å². The number of halogens is 3. The minimum atomic E-state index is -4.33. The summed E-state index contributed by atoms with van der Waals surface area (Å²) in [6, 6.07) is 11.2. The standard InChI is InChI=1S/C22H26F3NO2/c1-21(2)14-19(15-5-7-16(8-6-15)22(23,24)25)18-10-9-17(13-20(18)28-21)27-12-11-26(3)4/h5-10,13,19H,11-12,14H2,1-4H3. The molecule has 3 nitrogen and oxygen atoms in total. The van der Waals surface area contributed by atoms with E-state index >= 15 is 0 Å². The third kappa shape index (κ3) is 4.79. The van der Waals surface area contributed by atoms with E-state index in [1.807, 2.05) is 51.0 Å². The number of hydrogen-bond acceptors (Lipinski definition) is 3. The highest BCUT2D eigenvalue weighted by Gasteiger charge is 2.36. The van der Waals surface area contributed by atoms with E-state index in [4.69, 9.17) is 9.47 Å². The SMILES string of the molecule is CN(C)CCOc1ccc2c(c1)OC(C)(C)CC2c1ccc(C(F)(F)F)cc1. The summed E-state index contributed by atoms with van der Waals surface area (Å²) in [6.07, 6.45) is -3.64. The van der Waals surface area contributed by atoms with E-state index in [9.17, 15) is 13.2 Å². The minimum absolute atomic E-state index is 0.0307. The van der Waals surface area contributed by atoms with Crippen molar-refractivity contribution in [3.05, 3.63) is 59.2 Å². The van der Waals surface area contributed by atoms with Gasteiger partial charge in [0.15, 0.2) is 0 Å². The highest BCUT2D eigenvalue weighted by molar-refractivity contribution is 5.49. The average molecular weight is 393 g/mol. The molecule has 0 bridgehead atoms. The van der Waals surface area contributed by atoms with E-state index in [0.717, 1.165) is 41.3 Å². The Morgan fingerprint density at radius 2 is 1.79 bits per heavy atom. The van der Waals surface area contributed by atoms with Crippen molar-refractivity contribution in [2.45, 2.75) is 38.0 Å². The highest BCUT2D eigenvalue weighted by atomic mass is 19.4. The average Bonchev–Trinajstić information content (AvgIpc) is 2.59. The molecule has 2 aromatic rings. The quantitative estimate of drug-likeness (QED) is 0.685. The van der Waals surface area contributed by atoms with Crippen molar-refractivity contribution < 1.29 is 22.6 Å². The third-order valence-corrected chi connectivity index (χ3v) is 4.89.